The van der Waals surface area contributed by atoms with Gasteiger partial charge in [-0.2, -0.15) is 0 Å². The molecule has 0 aliphatic carbocycles. The molecular formula is C17H21N3O. The number of pyridine rings is 1. The molecular weight excluding hydrogens is 262 g/mol. The van der Waals surface area contributed by atoms with Gasteiger partial charge < -0.3 is 10.6 Å². The highest BCUT2D eigenvalue weighted by Gasteiger charge is 2.08. The molecule has 0 saturated heterocycles. The number of aryl methyl sites for hydroxylation is 2. The second kappa shape index (κ2) is 6.88. The number of aromatic nitrogens is 1. The number of rotatable bonds is 5. The summed E-state index contributed by atoms with van der Waals surface area (Å²) in [7, 11) is 0. The fourth-order valence-corrected chi connectivity index (χ4v) is 1.95. The van der Waals surface area contributed by atoms with E-state index in [1.54, 1.807) is 12.4 Å². The van der Waals surface area contributed by atoms with Crippen LogP contribution in [0.15, 0.2) is 36.7 Å². The highest BCUT2D eigenvalue weighted by Crippen LogP contribution is 2.16. The summed E-state index contributed by atoms with van der Waals surface area (Å²) in [4.78, 5) is 16.4. The Bertz CT molecular complexity index is 638. The Hall–Kier alpha value is -2.36. The van der Waals surface area contributed by atoms with Gasteiger partial charge in [0.1, 0.15) is 0 Å². The van der Waals surface area contributed by atoms with Crippen LogP contribution in [-0.2, 0) is 0 Å². The summed E-state index contributed by atoms with van der Waals surface area (Å²) >= 11 is 0. The Morgan fingerprint density at radius 1 is 1.10 bits per heavy atom. The van der Waals surface area contributed by atoms with Crippen molar-refractivity contribution in [2.45, 2.75) is 27.2 Å². The van der Waals surface area contributed by atoms with E-state index in [1.807, 2.05) is 38.1 Å². The minimum absolute atomic E-state index is 0.147. The first-order valence-electron chi connectivity index (χ1n) is 7.17. The normalized spacial score (nSPS) is 10.2. The average Bonchev–Trinajstić information content (AvgIpc) is 2.49. The molecule has 0 fully saturated rings. The molecule has 0 saturated carbocycles. The van der Waals surface area contributed by atoms with E-state index in [2.05, 4.69) is 22.5 Å². The summed E-state index contributed by atoms with van der Waals surface area (Å²) in [5.41, 5.74) is 4.58. The largest absolute Gasteiger partial charge is 0.384 e. The van der Waals surface area contributed by atoms with Crippen molar-refractivity contribution in [3.8, 4) is 0 Å². The first-order valence-corrected chi connectivity index (χ1v) is 7.17. The maximum atomic E-state index is 12.3. The molecule has 1 aromatic carbocycles. The van der Waals surface area contributed by atoms with Crippen LogP contribution in [0.1, 0.15) is 34.8 Å². The number of nitrogens with zero attached hydrogens (tertiary/aromatic N) is 1. The van der Waals surface area contributed by atoms with Gasteiger partial charge in [-0.1, -0.05) is 13.0 Å². The zero-order valence-corrected chi connectivity index (χ0v) is 12.7. The quantitative estimate of drug-likeness (QED) is 0.878. The molecule has 2 aromatic rings. The number of anilines is 2. The van der Waals surface area contributed by atoms with E-state index in [4.69, 9.17) is 0 Å². The number of carbonyl (C=O) groups excluding carboxylic acids is 1. The van der Waals surface area contributed by atoms with Gasteiger partial charge in [0.05, 0.1) is 11.3 Å². The number of hydrogen-bond acceptors (Lipinski definition) is 3. The van der Waals surface area contributed by atoms with Crippen LogP contribution in [0.4, 0.5) is 11.4 Å². The Kier molecular flexibility index (Phi) is 4.93. The van der Waals surface area contributed by atoms with Gasteiger partial charge in [-0.25, -0.2) is 0 Å². The number of benzene rings is 1. The molecule has 4 heteroatoms. The van der Waals surface area contributed by atoms with Gasteiger partial charge >= 0.3 is 0 Å². The lowest BCUT2D eigenvalue weighted by Gasteiger charge is -2.09. The van der Waals surface area contributed by atoms with Gasteiger partial charge in [-0.3, -0.25) is 9.78 Å². The first kappa shape index (κ1) is 15.0. The van der Waals surface area contributed by atoms with E-state index in [-0.39, 0.29) is 5.91 Å². The monoisotopic (exact) mass is 283 g/mol. The Morgan fingerprint density at radius 2 is 1.90 bits per heavy atom. The van der Waals surface area contributed by atoms with Crippen LogP contribution in [0, 0.1) is 13.8 Å². The first-order chi connectivity index (χ1) is 10.1. The second-order valence-electron chi connectivity index (χ2n) is 5.14. The summed E-state index contributed by atoms with van der Waals surface area (Å²) < 4.78 is 0. The Balaban J connectivity index is 2.10. The molecule has 0 atom stereocenters. The maximum Gasteiger partial charge on any atom is 0.257 e. The van der Waals surface area contributed by atoms with E-state index in [0.29, 0.717) is 5.56 Å². The third-order valence-corrected chi connectivity index (χ3v) is 3.34. The molecule has 1 aromatic heterocycles. The van der Waals surface area contributed by atoms with Crippen LogP contribution in [0.2, 0.25) is 0 Å². The third kappa shape index (κ3) is 4.05. The Morgan fingerprint density at radius 3 is 2.62 bits per heavy atom. The molecule has 0 aliphatic heterocycles. The molecule has 0 radical (unpaired) electrons. The van der Waals surface area contributed by atoms with Crippen LogP contribution in [-0.4, -0.2) is 17.4 Å². The summed E-state index contributed by atoms with van der Waals surface area (Å²) in [6, 6.07) is 7.70. The predicted octanol–water partition coefficient (Wildman–Crippen LogP) is 3.77. The van der Waals surface area contributed by atoms with Crippen molar-refractivity contribution in [3.05, 3.63) is 53.3 Å². The van der Waals surface area contributed by atoms with E-state index in [1.165, 1.54) is 5.56 Å². The second-order valence-corrected chi connectivity index (χ2v) is 5.14. The zero-order valence-electron chi connectivity index (χ0n) is 12.7. The lowest BCUT2D eigenvalue weighted by Crippen LogP contribution is -2.13. The molecule has 0 aliphatic rings. The molecule has 1 amide bonds. The van der Waals surface area contributed by atoms with Gasteiger partial charge in [0, 0.05) is 24.6 Å². The highest BCUT2D eigenvalue weighted by molar-refractivity contribution is 6.04. The number of carbonyl (C=O) groups is 1. The molecule has 2 N–H and O–H groups in total. The standard InChI is InChI=1S/C17H21N3O/c1-4-7-19-16-9-14(10-18-11-16)17(21)20-15-6-5-12(2)13(3)8-15/h5-6,8-11,19H,4,7H2,1-3H3,(H,20,21). The fraction of sp³-hybridized carbons (Fsp3) is 0.294. The molecule has 21 heavy (non-hydrogen) atoms. The molecule has 0 unspecified atom stereocenters. The fourth-order valence-electron chi connectivity index (χ4n) is 1.95. The van der Waals surface area contributed by atoms with Crippen molar-refractivity contribution < 1.29 is 4.79 Å². The molecule has 110 valence electrons. The van der Waals surface area contributed by atoms with Crippen molar-refractivity contribution in [2.24, 2.45) is 0 Å². The van der Waals surface area contributed by atoms with E-state index in [9.17, 15) is 4.79 Å². The van der Waals surface area contributed by atoms with Gasteiger partial charge in [0.2, 0.25) is 0 Å². The molecule has 0 spiro atoms. The summed E-state index contributed by atoms with van der Waals surface area (Å²) in [5, 5.41) is 6.13. The van der Waals surface area contributed by atoms with Crippen LogP contribution >= 0.6 is 0 Å². The predicted molar refractivity (Wildman–Crippen MR) is 86.9 cm³/mol. The average molecular weight is 283 g/mol. The SMILES string of the molecule is CCCNc1cncc(C(=O)Nc2ccc(C)c(C)c2)c1. The third-order valence-electron chi connectivity index (χ3n) is 3.34. The summed E-state index contributed by atoms with van der Waals surface area (Å²) in [6.45, 7) is 7.04. The van der Waals surface area contributed by atoms with Crippen molar-refractivity contribution in [1.29, 1.82) is 0 Å². The minimum Gasteiger partial charge on any atom is -0.384 e. The summed E-state index contributed by atoms with van der Waals surface area (Å²) in [5.74, 6) is -0.147. The van der Waals surface area contributed by atoms with Gasteiger partial charge in [-0.15, -0.1) is 0 Å². The van der Waals surface area contributed by atoms with E-state index < -0.39 is 0 Å². The summed E-state index contributed by atoms with van der Waals surface area (Å²) in [6.07, 6.45) is 4.33. The van der Waals surface area contributed by atoms with Gasteiger partial charge in [0.15, 0.2) is 0 Å². The maximum absolute atomic E-state index is 12.3. The Labute approximate surface area is 125 Å². The van der Waals surface area contributed by atoms with Crippen LogP contribution in [0.25, 0.3) is 0 Å². The smallest absolute Gasteiger partial charge is 0.257 e. The van der Waals surface area contributed by atoms with Crippen LogP contribution in [0.5, 0.6) is 0 Å². The van der Waals surface area contributed by atoms with E-state index >= 15 is 0 Å². The lowest BCUT2D eigenvalue weighted by atomic mass is 10.1. The van der Waals surface area contributed by atoms with Gasteiger partial charge in [-0.05, 0) is 49.6 Å². The van der Waals surface area contributed by atoms with Crippen molar-refractivity contribution in [2.75, 3.05) is 17.2 Å². The van der Waals surface area contributed by atoms with Crippen LogP contribution in [0.3, 0.4) is 0 Å². The van der Waals surface area contributed by atoms with Crippen LogP contribution < -0.4 is 10.6 Å². The molecule has 0 bridgehead atoms. The molecule has 1 heterocycles. The minimum atomic E-state index is -0.147. The lowest BCUT2D eigenvalue weighted by molar-refractivity contribution is 0.102. The van der Waals surface area contributed by atoms with Crippen molar-refractivity contribution in [3.63, 3.8) is 0 Å². The molecule has 2 rings (SSSR count). The van der Waals surface area contributed by atoms with Crippen molar-refractivity contribution in [1.82, 2.24) is 4.98 Å². The number of amides is 1. The highest BCUT2D eigenvalue weighted by atomic mass is 16.1. The topological polar surface area (TPSA) is 54.0 Å². The zero-order chi connectivity index (χ0) is 15.2. The van der Waals surface area contributed by atoms with E-state index in [0.717, 1.165) is 29.9 Å². The number of hydrogen-bond donors (Lipinski definition) is 2. The molecule has 4 nitrogen and oxygen atoms in total. The van der Waals surface area contributed by atoms with Crippen molar-refractivity contribution >= 4 is 17.3 Å². The number of nitrogens with one attached hydrogen (secondary N) is 2. The van der Waals surface area contributed by atoms with Gasteiger partial charge in [0.25, 0.3) is 5.91 Å².